The molecule has 3 heteroatoms. The monoisotopic (exact) mass is 369 g/mol. The van der Waals surface area contributed by atoms with Gasteiger partial charge in [-0.3, -0.25) is 4.79 Å². The highest BCUT2D eigenvalue weighted by Gasteiger charge is 2.14. The predicted octanol–water partition coefficient (Wildman–Crippen LogP) is 6.21. The zero-order chi connectivity index (χ0) is 18.8. The van der Waals surface area contributed by atoms with E-state index in [4.69, 9.17) is 11.6 Å². The van der Waals surface area contributed by atoms with E-state index < -0.39 is 0 Å². The number of benzene rings is 2. The predicted molar refractivity (Wildman–Crippen MR) is 112 cm³/mol. The van der Waals surface area contributed by atoms with Crippen LogP contribution in [0.1, 0.15) is 50.7 Å². The molecule has 0 saturated heterocycles. The lowest BCUT2D eigenvalue weighted by molar-refractivity contribution is -0.115. The number of unbranched alkanes of at least 4 members (excludes halogenated alkanes) is 1. The molecule has 0 aliphatic rings. The van der Waals surface area contributed by atoms with Crippen LogP contribution in [-0.4, -0.2) is 12.5 Å². The van der Waals surface area contributed by atoms with Crippen molar-refractivity contribution in [1.82, 2.24) is 5.32 Å². The summed E-state index contributed by atoms with van der Waals surface area (Å²) in [7, 11) is 0. The number of rotatable bonds is 9. The number of nitrogens with one attached hydrogen (secondary N) is 1. The van der Waals surface area contributed by atoms with E-state index in [0.717, 1.165) is 24.0 Å². The fourth-order valence-electron chi connectivity index (χ4n) is 2.92. The Kier molecular flexibility index (Phi) is 8.43. The zero-order valence-electron chi connectivity index (χ0n) is 15.7. The second-order valence-corrected chi connectivity index (χ2v) is 6.98. The van der Waals surface area contributed by atoms with E-state index in [-0.39, 0.29) is 5.91 Å². The van der Waals surface area contributed by atoms with Gasteiger partial charge in [-0.05, 0) is 35.6 Å². The molecule has 1 atom stereocenters. The van der Waals surface area contributed by atoms with Crippen LogP contribution in [0, 0.1) is 5.92 Å². The second kappa shape index (κ2) is 10.8. The van der Waals surface area contributed by atoms with Gasteiger partial charge in [-0.1, -0.05) is 93.2 Å². The van der Waals surface area contributed by atoms with Crippen LogP contribution in [-0.2, 0) is 4.79 Å². The Labute approximate surface area is 162 Å². The van der Waals surface area contributed by atoms with Crippen LogP contribution in [0.5, 0.6) is 0 Å². The van der Waals surface area contributed by atoms with Crippen molar-refractivity contribution in [1.29, 1.82) is 0 Å². The maximum absolute atomic E-state index is 12.9. The number of halogens is 1. The second-order valence-electron chi connectivity index (χ2n) is 6.57. The lowest BCUT2D eigenvalue weighted by Gasteiger charge is -2.16. The average molecular weight is 370 g/mol. The average Bonchev–Trinajstić information content (AvgIpc) is 2.68. The molecule has 0 unspecified atom stereocenters. The van der Waals surface area contributed by atoms with Crippen molar-refractivity contribution >= 4 is 29.2 Å². The first-order chi connectivity index (χ1) is 12.7. The SMILES string of the molecule is CCCC[C@H](CC)CNC(=O)/C(=C/c1ccccc1Cl)c1ccccc1. The van der Waals surface area contributed by atoms with E-state index in [1.807, 2.05) is 60.7 Å². The van der Waals surface area contributed by atoms with Crippen molar-refractivity contribution in [2.45, 2.75) is 39.5 Å². The summed E-state index contributed by atoms with van der Waals surface area (Å²) in [4.78, 5) is 12.9. The molecule has 2 aromatic carbocycles. The Morgan fingerprint density at radius 1 is 1.08 bits per heavy atom. The van der Waals surface area contributed by atoms with Crippen molar-refractivity contribution in [3.05, 3.63) is 70.7 Å². The maximum atomic E-state index is 12.9. The number of hydrogen-bond acceptors (Lipinski definition) is 1. The van der Waals surface area contributed by atoms with E-state index in [1.165, 1.54) is 12.8 Å². The first kappa shape index (κ1) is 20.3. The van der Waals surface area contributed by atoms with Gasteiger partial charge < -0.3 is 5.32 Å². The Balaban J connectivity index is 2.21. The smallest absolute Gasteiger partial charge is 0.251 e. The molecule has 138 valence electrons. The molecule has 1 amide bonds. The summed E-state index contributed by atoms with van der Waals surface area (Å²) in [5, 5.41) is 3.77. The summed E-state index contributed by atoms with van der Waals surface area (Å²) in [6.45, 7) is 5.09. The van der Waals surface area contributed by atoms with Crippen molar-refractivity contribution in [2.24, 2.45) is 5.92 Å². The topological polar surface area (TPSA) is 29.1 Å². The standard InChI is InChI=1S/C23H28ClNO/c1-3-5-11-18(4-2)17-25-23(26)21(19-12-7-6-8-13-19)16-20-14-9-10-15-22(20)24/h6-10,12-16,18H,3-5,11,17H2,1-2H3,(H,25,26)/b21-16+/t18-/m0/s1. The lowest BCUT2D eigenvalue weighted by atomic mass is 9.98. The van der Waals surface area contributed by atoms with E-state index >= 15 is 0 Å². The van der Waals surface area contributed by atoms with Crippen molar-refractivity contribution in [3.8, 4) is 0 Å². The Morgan fingerprint density at radius 2 is 1.77 bits per heavy atom. The Hall–Kier alpha value is -2.06. The van der Waals surface area contributed by atoms with Gasteiger partial charge in [-0.2, -0.15) is 0 Å². The molecule has 2 nitrogen and oxygen atoms in total. The molecule has 2 aromatic rings. The first-order valence-corrected chi connectivity index (χ1v) is 9.83. The zero-order valence-corrected chi connectivity index (χ0v) is 16.4. The third-order valence-corrected chi connectivity index (χ3v) is 4.97. The molecule has 0 radical (unpaired) electrons. The molecule has 0 aromatic heterocycles. The summed E-state index contributed by atoms with van der Waals surface area (Å²) < 4.78 is 0. The van der Waals surface area contributed by atoms with Crippen molar-refractivity contribution < 1.29 is 4.79 Å². The summed E-state index contributed by atoms with van der Waals surface area (Å²) in [5.41, 5.74) is 2.39. The summed E-state index contributed by atoms with van der Waals surface area (Å²) in [6, 6.07) is 17.3. The highest BCUT2D eigenvalue weighted by atomic mass is 35.5. The molecule has 0 spiro atoms. The molecule has 2 rings (SSSR count). The first-order valence-electron chi connectivity index (χ1n) is 9.45. The minimum atomic E-state index is -0.0499. The lowest BCUT2D eigenvalue weighted by Crippen LogP contribution is -2.29. The normalized spacial score (nSPS) is 12.7. The quantitative estimate of drug-likeness (QED) is 0.413. The van der Waals surface area contributed by atoms with Gasteiger partial charge >= 0.3 is 0 Å². The minimum absolute atomic E-state index is 0.0499. The molecule has 0 fully saturated rings. The fourth-order valence-corrected chi connectivity index (χ4v) is 3.11. The van der Waals surface area contributed by atoms with Crippen molar-refractivity contribution in [3.63, 3.8) is 0 Å². The van der Waals surface area contributed by atoms with Crippen LogP contribution >= 0.6 is 11.6 Å². The number of carbonyl (C=O) groups is 1. The number of hydrogen-bond donors (Lipinski definition) is 1. The van der Waals surface area contributed by atoms with E-state index in [1.54, 1.807) is 0 Å². The fraction of sp³-hybridized carbons (Fsp3) is 0.348. The van der Waals surface area contributed by atoms with Gasteiger partial charge in [0.25, 0.3) is 5.91 Å². The van der Waals surface area contributed by atoms with Crippen LogP contribution in [0.25, 0.3) is 11.6 Å². The third kappa shape index (κ3) is 6.03. The molecular weight excluding hydrogens is 342 g/mol. The van der Waals surface area contributed by atoms with Gasteiger partial charge in [0.05, 0.1) is 0 Å². The maximum Gasteiger partial charge on any atom is 0.251 e. The van der Waals surface area contributed by atoms with Gasteiger partial charge in [0.1, 0.15) is 0 Å². The van der Waals surface area contributed by atoms with E-state index in [2.05, 4.69) is 19.2 Å². The highest BCUT2D eigenvalue weighted by molar-refractivity contribution is 6.33. The molecule has 0 bridgehead atoms. The molecule has 0 aliphatic heterocycles. The number of carbonyl (C=O) groups excluding carboxylic acids is 1. The number of amides is 1. The Bertz CT molecular complexity index is 724. The van der Waals surface area contributed by atoms with Gasteiger partial charge in [0, 0.05) is 17.1 Å². The summed E-state index contributed by atoms with van der Waals surface area (Å²) in [6.07, 6.45) is 6.50. The van der Waals surface area contributed by atoms with Crippen LogP contribution in [0.2, 0.25) is 5.02 Å². The van der Waals surface area contributed by atoms with Gasteiger partial charge in [-0.15, -0.1) is 0 Å². The van der Waals surface area contributed by atoms with Crippen LogP contribution < -0.4 is 5.32 Å². The van der Waals surface area contributed by atoms with Crippen molar-refractivity contribution in [2.75, 3.05) is 6.54 Å². The highest BCUT2D eigenvalue weighted by Crippen LogP contribution is 2.23. The van der Waals surface area contributed by atoms with Gasteiger partial charge in [-0.25, -0.2) is 0 Å². The summed E-state index contributed by atoms with van der Waals surface area (Å²) >= 11 is 6.29. The molecule has 0 saturated carbocycles. The molecule has 0 aliphatic carbocycles. The third-order valence-electron chi connectivity index (χ3n) is 4.63. The largest absolute Gasteiger partial charge is 0.352 e. The van der Waals surface area contributed by atoms with Gasteiger partial charge in [0.2, 0.25) is 0 Å². The van der Waals surface area contributed by atoms with Gasteiger partial charge in [0.15, 0.2) is 0 Å². The molecule has 0 heterocycles. The molecule has 26 heavy (non-hydrogen) atoms. The minimum Gasteiger partial charge on any atom is -0.352 e. The molecular formula is C23H28ClNO. The molecule has 1 N–H and O–H groups in total. The van der Waals surface area contributed by atoms with E-state index in [9.17, 15) is 4.79 Å². The van der Waals surface area contributed by atoms with Crippen LogP contribution in [0.4, 0.5) is 0 Å². The van der Waals surface area contributed by atoms with E-state index in [0.29, 0.717) is 23.1 Å². The van der Waals surface area contributed by atoms with Crippen LogP contribution in [0.15, 0.2) is 54.6 Å². The summed E-state index contributed by atoms with van der Waals surface area (Å²) in [5.74, 6) is 0.474. The Morgan fingerprint density at radius 3 is 2.42 bits per heavy atom. The van der Waals surface area contributed by atoms with Crippen LogP contribution in [0.3, 0.4) is 0 Å².